The van der Waals surface area contributed by atoms with E-state index in [2.05, 4.69) is 6.92 Å². The maximum Gasteiger partial charge on any atom is 0.250 e. The zero-order valence-electron chi connectivity index (χ0n) is 19.2. The van der Waals surface area contributed by atoms with E-state index in [9.17, 15) is 14.7 Å². The van der Waals surface area contributed by atoms with Crippen molar-refractivity contribution in [1.82, 2.24) is 0 Å². The smallest absolute Gasteiger partial charge is 0.250 e. The molecule has 0 aliphatic carbocycles. The van der Waals surface area contributed by atoms with Gasteiger partial charge in [-0.05, 0) is 78.4 Å². The number of hydrogen-bond donors (Lipinski definition) is 0. The lowest BCUT2D eigenvalue weighted by Gasteiger charge is -2.22. The fourth-order valence-electron chi connectivity index (χ4n) is 3.64. The summed E-state index contributed by atoms with van der Waals surface area (Å²) in [4.78, 5) is 25.7. The van der Waals surface area contributed by atoms with E-state index >= 15 is 0 Å². The van der Waals surface area contributed by atoms with Gasteiger partial charge in [0.2, 0.25) is 0 Å². The van der Waals surface area contributed by atoms with Gasteiger partial charge in [-0.25, -0.2) is 0 Å². The molecule has 6 heteroatoms. The van der Waals surface area contributed by atoms with Crippen LogP contribution < -0.4 is 14.7 Å². The van der Waals surface area contributed by atoms with Gasteiger partial charge in [0, 0.05) is 13.2 Å². The van der Waals surface area contributed by atoms with E-state index < -0.39 is 5.97 Å². The number of hydrogen-bond acceptors (Lipinski definition) is 5. The molecule has 3 rings (SSSR count). The molecule has 6 nitrogen and oxygen atoms in total. The number of ether oxygens (including phenoxy) is 2. The molecule has 1 amide bonds. The summed E-state index contributed by atoms with van der Waals surface area (Å²) in [5.74, 6) is -0.638. The number of benzene rings is 2. The molecule has 0 saturated heterocycles. The Labute approximate surface area is 195 Å². The Bertz CT molecular complexity index is 1020. The van der Waals surface area contributed by atoms with Crippen molar-refractivity contribution in [1.29, 1.82) is 0 Å². The van der Waals surface area contributed by atoms with Gasteiger partial charge in [0.25, 0.3) is 5.91 Å². The average molecular weight is 449 g/mol. The second-order valence-corrected chi connectivity index (χ2v) is 7.81. The SMILES string of the molecule is C/C=C/C(=O)N1CCC(C(=O)[O-])=Cc2cc(-c3ccc(OCCOCCCC)cc3)ccc21. The van der Waals surface area contributed by atoms with Crippen molar-refractivity contribution in [3.05, 3.63) is 65.8 Å². The predicted octanol–water partition coefficient (Wildman–Crippen LogP) is 4.00. The predicted molar refractivity (Wildman–Crippen MR) is 128 cm³/mol. The number of carboxylic acid groups (broad SMARTS) is 1. The van der Waals surface area contributed by atoms with Crippen molar-refractivity contribution in [3.63, 3.8) is 0 Å². The Kier molecular flexibility index (Phi) is 8.84. The normalized spacial score (nSPS) is 13.4. The topological polar surface area (TPSA) is 78.9 Å². The summed E-state index contributed by atoms with van der Waals surface area (Å²) in [6.45, 7) is 5.99. The highest BCUT2D eigenvalue weighted by atomic mass is 16.5. The van der Waals surface area contributed by atoms with Crippen LogP contribution in [0.25, 0.3) is 17.2 Å². The molecular formula is C27H30NO5-. The largest absolute Gasteiger partial charge is 0.545 e. The number of rotatable bonds is 10. The maximum atomic E-state index is 12.6. The van der Waals surface area contributed by atoms with Crippen molar-refractivity contribution in [3.8, 4) is 16.9 Å². The molecule has 0 bridgehead atoms. The van der Waals surface area contributed by atoms with Gasteiger partial charge in [0.1, 0.15) is 12.4 Å². The van der Waals surface area contributed by atoms with Gasteiger partial charge in [-0.1, -0.05) is 37.6 Å². The number of nitrogens with zero attached hydrogens (tertiary/aromatic N) is 1. The molecule has 2 aromatic rings. The standard InChI is InChI=1S/C27H31NO5/c1-3-5-15-32-16-17-33-24-10-7-20(8-11-24)21-9-12-25-23(18-21)19-22(27(30)31)13-14-28(25)26(29)6-4-2/h4,6-12,18-19H,3,5,13-17H2,1-2H3,(H,30,31)/p-1/b6-4+. The molecule has 0 unspecified atom stereocenters. The summed E-state index contributed by atoms with van der Waals surface area (Å²) < 4.78 is 11.2. The monoisotopic (exact) mass is 448 g/mol. The Morgan fingerprint density at radius 3 is 2.52 bits per heavy atom. The lowest BCUT2D eigenvalue weighted by atomic mass is 10.00. The molecule has 0 atom stereocenters. The van der Waals surface area contributed by atoms with Crippen LogP contribution in [-0.4, -0.2) is 38.2 Å². The van der Waals surface area contributed by atoms with Gasteiger partial charge in [-0.15, -0.1) is 0 Å². The first kappa shape index (κ1) is 24.3. The van der Waals surface area contributed by atoms with Crippen LogP contribution in [0, 0.1) is 0 Å². The fraction of sp³-hybridized carbons (Fsp3) is 0.333. The van der Waals surface area contributed by atoms with Crippen LogP contribution in [0.4, 0.5) is 5.69 Å². The molecule has 174 valence electrons. The number of unbranched alkanes of at least 4 members (excludes halogenated alkanes) is 1. The lowest BCUT2D eigenvalue weighted by molar-refractivity contribution is -0.299. The molecule has 1 heterocycles. The van der Waals surface area contributed by atoms with Crippen molar-refractivity contribution in [2.24, 2.45) is 0 Å². The van der Waals surface area contributed by atoms with Gasteiger partial charge in [-0.2, -0.15) is 0 Å². The van der Waals surface area contributed by atoms with E-state index in [0.717, 1.165) is 36.3 Å². The number of allylic oxidation sites excluding steroid dienone is 1. The first-order valence-corrected chi connectivity index (χ1v) is 11.3. The molecule has 1 aliphatic rings. The molecule has 0 saturated carbocycles. The number of carbonyl (C=O) groups excluding carboxylic acids is 2. The van der Waals surface area contributed by atoms with E-state index in [1.165, 1.54) is 6.08 Å². The molecule has 1 aliphatic heterocycles. The van der Waals surface area contributed by atoms with Gasteiger partial charge in [0.05, 0.1) is 18.3 Å². The number of aliphatic carboxylic acids is 1. The minimum Gasteiger partial charge on any atom is -0.545 e. The number of carbonyl (C=O) groups is 2. The van der Waals surface area contributed by atoms with Crippen LogP contribution in [-0.2, 0) is 14.3 Å². The average Bonchev–Trinajstić information content (AvgIpc) is 3.01. The summed E-state index contributed by atoms with van der Waals surface area (Å²) in [5.41, 5.74) is 3.41. The van der Waals surface area contributed by atoms with Crippen LogP contribution in [0.5, 0.6) is 5.75 Å². The number of amides is 1. The van der Waals surface area contributed by atoms with Crippen LogP contribution >= 0.6 is 0 Å². The van der Waals surface area contributed by atoms with E-state index in [-0.39, 0.29) is 24.4 Å². The third-order valence-electron chi connectivity index (χ3n) is 5.42. The van der Waals surface area contributed by atoms with Crippen molar-refractivity contribution >= 4 is 23.6 Å². The molecular weight excluding hydrogens is 418 g/mol. The summed E-state index contributed by atoms with van der Waals surface area (Å²) in [7, 11) is 0. The summed E-state index contributed by atoms with van der Waals surface area (Å²) in [5, 5.41) is 11.6. The van der Waals surface area contributed by atoms with Crippen LogP contribution in [0.2, 0.25) is 0 Å². The minimum absolute atomic E-state index is 0.175. The second kappa shape index (κ2) is 12.0. The molecule has 33 heavy (non-hydrogen) atoms. The van der Waals surface area contributed by atoms with Crippen molar-refractivity contribution in [2.45, 2.75) is 33.1 Å². The third-order valence-corrected chi connectivity index (χ3v) is 5.42. The highest BCUT2D eigenvalue weighted by Gasteiger charge is 2.21. The fourth-order valence-corrected chi connectivity index (χ4v) is 3.64. The lowest BCUT2D eigenvalue weighted by Crippen LogP contribution is -2.32. The van der Waals surface area contributed by atoms with Gasteiger partial charge >= 0.3 is 0 Å². The quantitative estimate of drug-likeness (QED) is 0.406. The number of anilines is 1. The number of carboxylic acids is 1. The van der Waals surface area contributed by atoms with E-state index in [1.807, 2.05) is 42.5 Å². The molecule has 0 fully saturated rings. The Hall–Kier alpha value is -3.38. The van der Waals surface area contributed by atoms with Crippen LogP contribution in [0.1, 0.15) is 38.7 Å². The highest BCUT2D eigenvalue weighted by Crippen LogP contribution is 2.33. The Morgan fingerprint density at radius 2 is 1.82 bits per heavy atom. The zero-order valence-corrected chi connectivity index (χ0v) is 19.2. The second-order valence-electron chi connectivity index (χ2n) is 7.81. The molecule has 0 radical (unpaired) electrons. The minimum atomic E-state index is -1.22. The Balaban J connectivity index is 1.79. The molecule has 0 spiro atoms. The summed E-state index contributed by atoms with van der Waals surface area (Å²) in [6.07, 6.45) is 7.15. The molecule has 0 N–H and O–H groups in total. The highest BCUT2D eigenvalue weighted by molar-refractivity contribution is 6.04. The summed E-state index contributed by atoms with van der Waals surface area (Å²) in [6, 6.07) is 13.4. The summed E-state index contributed by atoms with van der Waals surface area (Å²) >= 11 is 0. The van der Waals surface area contributed by atoms with Gasteiger partial charge in [0.15, 0.2) is 0 Å². The Morgan fingerprint density at radius 1 is 1.06 bits per heavy atom. The van der Waals surface area contributed by atoms with Gasteiger partial charge < -0.3 is 24.3 Å². The van der Waals surface area contributed by atoms with Gasteiger partial charge in [-0.3, -0.25) is 4.79 Å². The van der Waals surface area contributed by atoms with Crippen LogP contribution in [0.3, 0.4) is 0 Å². The maximum absolute atomic E-state index is 12.6. The molecule has 0 aromatic heterocycles. The first-order chi connectivity index (χ1) is 16.0. The molecule has 2 aromatic carbocycles. The van der Waals surface area contributed by atoms with E-state index in [1.54, 1.807) is 24.0 Å². The first-order valence-electron chi connectivity index (χ1n) is 11.3. The van der Waals surface area contributed by atoms with E-state index in [4.69, 9.17) is 9.47 Å². The van der Waals surface area contributed by atoms with Crippen LogP contribution in [0.15, 0.2) is 60.2 Å². The van der Waals surface area contributed by atoms with Crippen molar-refractivity contribution < 1.29 is 24.2 Å². The zero-order chi connectivity index (χ0) is 23.6. The van der Waals surface area contributed by atoms with E-state index in [0.29, 0.717) is 24.5 Å². The third kappa shape index (κ3) is 6.56. The van der Waals surface area contributed by atoms with Crippen molar-refractivity contribution in [2.75, 3.05) is 31.3 Å². The number of fused-ring (bicyclic) bond motifs is 1.